The van der Waals surface area contributed by atoms with Crippen molar-refractivity contribution in [2.45, 2.75) is 6.92 Å². The van der Waals surface area contributed by atoms with E-state index < -0.39 is 0 Å². The number of hydrogen-bond donors (Lipinski definition) is 1. The van der Waals surface area contributed by atoms with Crippen LogP contribution in [-0.2, 0) is 0 Å². The molecule has 0 saturated heterocycles. The molecule has 6 nitrogen and oxygen atoms in total. The first-order valence-electron chi connectivity index (χ1n) is 9.39. The van der Waals surface area contributed by atoms with Gasteiger partial charge >= 0.3 is 0 Å². The molecule has 0 aliphatic rings. The lowest BCUT2D eigenvalue weighted by Gasteiger charge is -2.14. The zero-order valence-electron chi connectivity index (χ0n) is 16.0. The maximum absolute atomic E-state index is 13.0. The summed E-state index contributed by atoms with van der Waals surface area (Å²) in [5.41, 5.74) is 1.21. The molecule has 0 unspecified atom stereocenters. The third kappa shape index (κ3) is 3.12. The number of pyridine rings is 1. The molecule has 0 fully saturated rings. The molecule has 4 aromatic rings. The van der Waals surface area contributed by atoms with E-state index in [1.54, 1.807) is 24.4 Å². The fourth-order valence-electron chi connectivity index (χ4n) is 3.35. The molecule has 6 heteroatoms. The second-order valence-electron chi connectivity index (χ2n) is 6.87. The van der Waals surface area contributed by atoms with Crippen molar-refractivity contribution < 1.29 is 4.79 Å². The summed E-state index contributed by atoms with van der Waals surface area (Å²) in [7, 11) is 2.00. The zero-order valence-corrected chi connectivity index (χ0v) is 16.0. The van der Waals surface area contributed by atoms with Crippen LogP contribution in [0, 0.1) is 0 Å². The van der Waals surface area contributed by atoms with Crippen LogP contribution in [0.4, 0.5) is 0 Å². The Morgan fingerprint density at radius 2 is 1.93 bits per heavy atom. The van der Waals surface area contributed by atoms with Crippen molar-refractivity contribution in [3.63, 3.8) is 0 Å². The molecule has 0 saturated carbocycles. The van der Waals surface area contributed by atoms with Gasteiger partial charge in [-0.25, -0.2) is 4.98 Å². The van der Waals surface area contributed by atoms with Crippen LogP contribution in [-0.4, -0.2) is 46.9 Å². The number of amides is 1. The van der Waals surface area contributed by atoms with Crippen LogP contribution in [0.25, 0.3) is 27.3 Å². The van der Waals surface area contributed by atoms with Crippen molar-refractivity contribution in [2.24, 2.45) is 0 Å². The zero-order chi connectivity index (χ0) is 19.7. The highest BCUT2D eigenvalue weighted by molar-refractivity contribution is 6.07. The molecular weight excluding hydrogens is 352 g/mol. The summed E-state index contributed by atoms with van der Waals surface area (Å²) < 4.78 is 1.45. The minimum Gasteiger partial charge on any atom is -0.351 e. The molecule has 0 aliphatic heterocycles. The average molecular weight is 374 g/mol. The Bertz CT molecular complexity index is 1250. The number of benzene rings is 2. The fourth-order valence-corrected chi connectivity index (χ4v) is 3.35. The highest BCUT2D eigenvalue weighted by Gasteiger charge is 2.15. The van der Waals surface area contributed by atoms with E-state index >= 15 is 0 Å². The number of carbonyl (C=O) groups is 1. The van der Waals surface area contributed by atoms with Gasteiger partial charge in [-0.15, -0.1) is 0 Å². The summed E-state index contributed by atoms with van der Waals surface area (Å²) in [5, 5.41) is 5.38. The lowest BCUT2D eigenvalue weighted by Crippen LogP contribution is -2.33. The van der Waals surface area contributed by atoms with E-state index in [2.05, 4.69) is 17.1 Å². The summed E-state index contributed by atoms with van der Waals surface area (Å²) in [6, 6.07) is 14.9. The first-order valence-corrected chi connectivity index (χ1v) is 9.39. The molecule has 2 aromatic heterocycles. The average Bonchev–Trinajstić information content (AvgIpc) is 2.73. The topological polar surface area (TPSA) is 66.7 Å². The second-order valence-corrected chi connectivity index (χ2v) is 6.87. The molecule has 0 spiro atoms. The Balaban J connectivity index is 1.85. The molecule has 2 heterocycles. The third-order valence-corrected chi connectivity index (χ3v) is 5.10. The predicted octanol–water partition coefficient (Wildman–Crippen LogP) is 2.68. The third-order valence-electron chi connectivity index (χ3n) is 5.10. The molecule has 0 bridgehead atoms. The maximum Gasteiger partial charge on any atom is 0.265 e. The fraction of sp³-hybridized carbons (Fsp3) is 0.227. The Labute approximate surface area is 162 Å². The number of fused-ring (bicyclic) bond motifs is 4. The first kappa shape index (κ1) is 18.1. The maximum atomic E-state index is 13.0. The summed E-state index contributed by atoms with van der Waals surface area (Å²) >= 11 is 0. The van der Waals surface area contributed by atoms with Gasteiger partial charge in [-0.2, -0.15) is 0 Å². The van der Waals surface area contributed by atoms with Crippen molar-refractivity contribution in [2.75, 3.05) is 26.7 Å². The highest BCUT2D eigenvalue weighted by Crippen LogP contribution is 2.22. The lowest BCUT2D eigenvalue weighted by molar-refractivity contribution is 0.0951. The van der Waals surface area contributed by atoms with Crippen molar-refractivity contribution in [3.05, 3.63) is 70.6 Å². The van der Waals surface area contributed by atoms with E-state index in [9.17, 15) is 9.59 Å². The predicted molar refractivity (Wildman–Crippen MR) is 112 cm³/mol. The van der Waals surface area contributed by atoms with E-state index in [0.29, 0.717) is 28.7 Å². The van der Waals surface area contributed by atoms with Gasteiger partial charge in [-0.05, 0) is 37.2 Å². The molecule has 28 heavy (non-hydrogen) atoms. The normalized spacial score (nSPS) is 11.5. The molecule has 0 atom stereocenters. The SMILES string of the molecule is CCN(C)CCNC(=O)c1cccn2c(=O)c3ccc4ccccc4c3nc12. The van der Waals surface area contributed by atoms with Gasteiger partial charge in [0, 0.05) is 24.7 Å². The smallest absolute Gasteiger partial charge is 0.265 e. The van der Waals surface area contributed by atoms with Gasteiger partial charge in [0.15, 0.2) is 5.65 Å². The van der Waals surface area contributed by atoms with Crippen LogP contribution in [0.5, 0.6) is 0 Å². The molecule has 0 aliphatic carbocycles. The summed E-state index contributed by atoms with van der Waals surface area (Å²) in [4.78, 5) is 32.6. The minimum absolute atomic E-state index is 0.175. The van der Waals surface area contributed by atoms with Gasteiger partial charge in [-0.3, -0.25) is 14.0 Å². The van der Waals surface area contributed by atoms with Crippen LogP contribution in [0.1, 0.15) is 17.3 Å². The van der Waals surface area contributed by atoms with Gasteiger partial charge in [0.05, 0.1) is 16.5 Å². The summed E-state index contributed by atoms with van der Waals surface area (Å²) in [5.74, 6) is -0.228. The van der Waals surface area contributed by atoms with Gasteiger partial charge in [0.25, 0.3) is 11.5 Å². The number of nitrogens with zero attached hydrogens (tertiary/aromatic N) is 3. The minimum atomic E-state index is -0.228. The van der Waals surface area contributed by atoms with E-state index in [1.807, 2.05) is 37.4 Å². The molecule has 142 valence electrons. The van der Waals surface area contributed by atoms with Crippen LogP contribution < -0.4 is 10.9 Å². The van der Waals surface area contributed by atoms with Gasteiger partial charge in [0.1, 0.15) is 0 Å². The van der Waals surface area contributed by atoms with Gasteiger partial charge in [0.2, 0.25) is 0 Å². The first-order chi connectivity index (χ1) is 13.6. The van der Waals surface area contributed by atoms with E-state index in [4.69, 9.17) is 4.98 Å². The van der Waals surface area contributed by atoms with Crippen molar-refractivity contribution in [1.82, 2.24) is 19.6 Å². The molecule has 4 rings (SSSR count). The standard InChI is InChI=1S/C22H22N4O2/c1-3-25(2)14-12-23-21(27)18-9-6-13-26-20(18)24-19-16-8-5-4-7-15(16)10-11-17(19)22(26)28/h4-11,13H,3,12,14H2,1-2H3,(H,23,27). The Morgan fingerprint density at radius 1 is 1.11 bits per heavy atom. The van der Waals surface area contributed by atoms with Crippen LogP contribution in [0.3, 0.4) is 0 Å². The Hall–Kier alpha value is -3.25. The largest absolute Gasteiger partial charge is 0.351 e. The highest BCUT2D eigenvalue weighted by atomic mass is 16.2. The number of carbonyl (C=O) groups excluding carboxylic acids is 1. The van der Waals surface area contributed by atoms with Crippen molar-refractivity contribution >= 4 is 33.2 Å². The molecule has 1 amide bonds. The van der Waals surface area contributed by atoms with Crippen molar-refractivity contribution in [1.29, 1.82) is 0 Å². The van der Waals surface area contributed by atoms with Gasteiger partial charge < -0.3 is 10.2 Å². The van der Waals surface area contributed by atoms with Crippen LogP contribution in [0.15, 0.2) is 59.5 Å². The van der Waals surface area contributed by atoms with E-state index in [0.717, 1.165) is 23.9 Å². The number of aromatic nitrogens is 2. The number of nitrogens with one attached hydrogen (secondary N) is 1. The quantitative estimate of drug-likeness (QED) is 0.431. The molecular formula is C22H22N4O2. The summed E-state index contributed by atoms with van der Waals surface area (Å²) in [6.07, 6.45) is 1.65. The number of likely N-dealkylation sites (N-methyl/N-ethyl adjacent to an activating group) is 1. The molecule has 0 radical (unpaired) electrons. The second kappa shape index (κ2) is 7.40. The van der Waals surface area contributed by atoms with E-state index in [-0.39, 0.29) is 11.5 Å². The number of rotatable bonds is 5. The lowest BCUT2D eigenvalue weighted by atomic mass is 10.1. The van der Waals surface area contributed by atoms with Gasteiger partial charge in [-0.1, -0.05) is 37.3 Å². The molecule has 1 N–H and O–H groups in total. The molecule has 2 aromatic carbocycles. The Kier molecular flexibility index (Phi) is 4.79. The van der Waals surface area contributed by atoms with Crippen molar-refractivity contribution in [3.8, 4) is 0 Å². The summed E-state index contributed by atoms with van der Waals surface area (Å²) in [6.45, 7) is 4.28. The Morgan fingerprint density at radius 3 is 2.75 bits per heavy atom. The number of hydrogen-bond acceptors (Lipinski definition) is 4. The van der Waals surface area contributed by atoms with Crippen LogP contribution in [0.2, 0.25) is 0 Å². The van der Waals surface area contributed by atoms with E-state index in [1.165, 1.54) is 4.40 Å². The monoisotopic (exact) mass is 374 g/mol. The van der Waals surface area contributed by atoms with Crippen LogP contribution >= 0.6 is 0 Å².